The Kier molecular flexibility index (Phi) is 5.09. The fourth-order valence-electron chi connectivity index (χ4n) is 1.63. The summed E-state index contributed by atoms with van der Waals surface area (Å²) in [6.45, 7) is 3.59. The number of aliphatic hydroxyl groups excluding tert-OH is 1. The van der Waals surface area contributed by atoms with Gasteiger partial charge in [-0.05, 0) is 25.0 Å². The quantitative estimate of drug-likeness (QED) is 0.819. The van der Waals surface area contributed by atoms with Crippen LogP contribution in [-0.2, 0) is 16.0 Å². The summed E-state index contributed by atoms with van der Waals surface area (Å²) in [6.07, 6.45) is -1.01. The molecule has 0 spiro atoms. The molecule has 0 aromatic heterocycles. The normalized spacial score (nSPS) is 12.1. The lowest BCUT2D eigenvalue weighted by Gasteiger charge is -2.15. The minimum absolute atomic E-state index is 0.130. The largest absolute Gasteiger partial charge is 0.496 e. The van der Waals surface area contributed by atoms with E-state index in [0.717, 1.165) is 6.07 Å². The first-order valence-electron chi connectivity index (χ1n) is 5.76. The highest BCUT2D eigenvalue weighted by Crippen LogP contribution is 2.29. The molecule has 1 N–H and O–H groups in total. The highest BCUT2D eigenvalue weighted by atomic mass is 19.1. The van der Waals surface area contributed by atoms with Crippen molar-refractivity contribution in [3.63, 3.8) is 0 Å². The SMILES string of the molecule is CCOC(=O)C(O)c1cc(CC)c(F)cc1OC. The molecule has 0 saturated heterocycles. The summed E-state index contributed by atoms with van der Waals surface area (Å²) >= 11 is 0. The van der Waals surface area contributed by atoms with Crippen molar-refractivity contribution in [2.45, 2.75) is 26.4 Å². The lowest BCUT2D eigenvalue weighted by Crippen LogP contribution is -2.16. The molecule has 0 aliphatic carbocycles. The predicted octanol–water partition coefficient (Wildman–Crippen LogP) is 1.99. The van der Waals surface area contributed by atoms with Gasteiger partial charge >= 0.3 is 5.97 Å². The first kappa shape index (κ1) is 14.4. The molecular weight excluding hydrogens is 239 g/mol. The van der Waals surface area contributed by atoms with Crippen LogP contribution in [0.25, 0.3) is 0 Å². The zero-order valence-electron chi connectivity index (χ0n) is 10.7. The number of esters is 1. The van der Waals surface area contributed by atoms with Gasteiger partial charge in [-0.2, -0.15) is 0 Å². The van der Waals surface area contributed by atoms with Gasteiger partial charge in [-0.25, -0.2) is 9.18 Å². The van der Waals surface area contributed by atoms with E-state index in [1.165, 1.54) is 13.2 Å². The maximum atomic E-state index is 13.6. The molecule has 1 atom stereocenters. The monoisotopic (exact) mass is 256 g/mol. The van der Waals surface area contributed by atoms with Gasteiger partial charge in [0.15, 0.2) is 6.10 Å². The number of ether oxygens (including phenoxy) is 2. The summed E-state index contributed by atoms with van der Waals surface area (Å²) in [4.78, 5) is 11.5. The molecule has 0 heterocycles. The van der Waals surface area contributed by atoms with Crippen LogP contribution in [0, 0.1) is 5.82 Å². The Morgan fingerprint density at radius 1 is 1.44 bits per heavy atom. The molecule has 0 saturated carbocycles. The van der Waals surface area contributed by atoms with Crippen LogP contribution in [-0.4, -0.2) is 24.8 Å². The molecule has 0 aliphatic rings. The van der Waals surface area contributed by atoms with Crippen LogP contribution in [0.4, 0.5) is 4.39 Å². The fourth-order valence-corrected chi connectivity index (χ4v) is 1.63. The van der Waals surface area contributed by atoms with E-state index in [1.54, 1.807) is 13.8 Å². The van der Waals surface area contributed by atoms with Crippen molar-refractivity contribution >= 4 is 5.97 Å². The van der Waals surface area contributed by atoms with Crippen LogP contribution in [0.5, 0.6) is 5.75 Å². The number of rotatable bonds is 5. The second-order valence-electron chi connectivity index (χ2n) is 3.69. The lowest BCUT2D eigenvalue weighted by atomic mass is 10.0. The van der Waals surface area contributed by atoms with Crippen molar-refractivity contribution in [1.29, 1.82) is 0 Å². The van der Waals surface area contributed by atoms with Gasteiger partial charge in [-0.1, -0.05) is 6.92 Å². The highest BCUT2D eigenvalue weighted by Gasteiger charge is 2.24. The summed E-state index contributed by atoms with van der Waals surface area (Å²) in [5.74, 6) is -1.07. The van der Waals surface area contributed by atoms with Gasteiger partial charge in [0.2, 0.25) is 0 Å². The second-order valence-corrected chi connectivity index (χ2v) is 3.69. The van der Waals surface area contributed by atoms with Crippen LogP contribution in [0.3, 0.4) is 0 Å². The summed E-state index contributed by atoms with van der Waals surface area (Å²) in [6, 6.07) is 2.59. The number of aliphatic hydroxyl groups is 1. The molecule has 0 fully saturated rings. The van der Waals surface area contributed by atoms with E-state index in [4.69, 9.17) is 9.47 Å². The topological polar surface area (TPSA) is 55.8 Å². The number of methoxy groups -OCH3 is 1. The van der Waals surface area contributed by atoms with E-state index in [1.807, 2.05) is 0 Å². The summed E-state index contributed by atoms with van der Waals surface area (Å²) in [7, 11) is 1.35. The van der Waals surface area contributed by atoms with Gasteiger partial charge in [0.1, 0.15) is 11.6 Å². The molecule has 100 valence electrons. The Labute approximate surface area is 105 Å². The van der Waals surface area contributed by atoms with Crippen LogP contribution in [0.1, 0.15) is 31.1 Å². The molecular formula is C13H17FO4. The molecule has 18 heavy (non-hydrogen) atoms. The van der Waals surface area contributed by atoms with Crippen molar-refractivity contribution in [3.8, 4) is 5.75 Å². The number of hydrogen-bond acceptors (Lipinski definition) is 4. The Morgan fingerprint density at radius 2 is 2.11 bits per heavy atom. The van der Waals surface area contributed by atoms with E-state index in [9.17, 15) is 14.3 Å². The average molecular weight is 256 g/mol. The predicted molar refractivity (Wildman–Crippen MR) is 63.9 cm³/mol. The average Bonchev–Trinajstić information content (AvgIpc) is 2.37. The number of carbonyl (C=O) groups excluding carboxylic acids is 1. The molecule has 0 amide bonds. The Hall–Kier alpha value is -1.62. The molecule has 1 aromatic carbocycles. The third-order valence-corrected chi connectivity index (χ3v) is 2.58. The Morgan fingerprint density at radius 3 is 2.61 bits per heavy atom. The van der Waals surface area contributed by atoms with E-state index >= 15 is 0 Å². The van der Waals surface area contributed by atoms with E-state index < -0.39 is 17.9 Å². The molecule has 1 unspecified atom stereocenters. The first-order valence-corrected chi connectivity index (χ1v) is 5.76. The summed E-state index contributed by atoms with van der Waals surface area (Å²) in [5, 5.41) is 9.87. The number of halogens is 1. The molecule has 1 aromatic rings. The van der Waals surface area contributed by atoms with Crippen LogP contribution < -0.4 is 4.74 Å². The van der Waals surface area contributed by atoms with Crippen molar-refractivity contribution in [2.75, 3.05) is 13.7 Å². The zero-order chi connectivity index (χ0) is 13.7. The highest BCUT2D eigenvalue weighted by molar-refractivity contribution is 5.77. The van der Waals surface area contributed by atoms with Gasteiger partial charge in [-0.15, -0.1) is 0 Å². The lowest BCUT2D eigenvalue weighted by molar-refractivity contribution is -0.153. The smallest absolute Gasteiger partial charge is 0.339 e. The van der Waals surface area contributed by atoms with Crippen LogP contribution >= 0.6 is 0 Å². The van der Waals surface area contributed by atoms with Gasteiger partial charge < -0.3 is 14.6 Å². The number of carbonyl (C=O) groups is 1. The molecule has 1 rings (SSSR count). The fraction of sp³-hybridized carbons (Fsp3) is 0.462. The number of aryl methyl sites for hydroxylation is 1. The molecule has 0 bridgehead atoms. The van der Waals surface area contributed by atoms with Crippen molar-refractivity contribution in [1.82, 2.24) is 0 Å². The maximum absolute atomic E-state index is 13.6. The van der Waals surface area contributed by atoms with E-state index in [-0.39, 0.29) is 17.9 Å². The molecule has 4 nitrogen and oxygen atoms in total. The Balaban J connectivity index is 3.16. The zero-order valence-corrected chi connectivity index (χ0v) is 10.7. The third kappa shape index (κ3) is 2.98. The maximum Gasteiger partial charge on any atom is 0.339 e. The minimum atomic E-state index is -1.47. The standard InChI is InChI=1S/C13H17FO4/c1-4-8-6-9(11(17-3)7-10(8)14)12(15)13(16)18-5-2/h6-7,12,15H,4-5H2,1-3H3. The number of hydrogen-bond donors (Lipinski definition) is 1. The van der Waals surface area contributed by atoms with Gasteiger partial charge in [0.05, 0.1) is 13.7 Å². The Bertz CT molecular complexity index is 431. The molecule has 0 aliphatic heterocycles. The summed E-state index contributed by atoms with van der Waals surface area (Å²) < 4.78 is 23.2. The van der Waals surface area contributed by atoms with Crippen LogP contribution in [0.2, 0.25) is 0 Å². The van der Waals surface area contributed by atoms with Gasteiger partial charge in [-0.3, -0.25) is 0 Å². The van der Waals surface area contributed by atoms with Gasteiger partial charge in [0.25, 0.3) is 0 Å². The molecule has 5 heteroatoms. The first-order chi connectivity index (χ1) is 8.54. The third-order valence-electron chi connectivity index (χ3n) is 2.58. The van der Waals surface area contributed by atoms with Crippen molar-refractivity contribution in [3.05, 3.63) is 29.1 Å². The second kappa shape index (κ2) is 6.35. The van der Waals surface area contributed by atoms with Crippen molar-refractivity contribution in [2.24, 2.45) is 0 Å². The van der Waals surface area contributed by atoms with E-state index in [2.05, 4.69) is 0 Å². The van der Waals surface area contributed by atoms with E-state index in [0.29, 0.717) is 12.0 Å². The molecule has 0 radical (unpaired) electrons. The minimum Gasteiger partial charge on any atom is -0.496 e. The van der Waals surface area contributed by atoms with Gasteiger partial charge in [0, 0.05) is 11.6 Å². The van der Waals surface area contributed by atoms with Crippen molar-refractivity contribution < 1.29 is 23.8 Å². The van der Waals surface area contributed by atoms with Crippen LogP contribution in [0.15, 0.2) is 12.1 Å². The summed E-state index contributed by atoms with van der Waals surface area (Å²) in [5.41, 5.74) is 0.628. The number of benzene rings is 1.